The highest BCUT2D eigenvalue weighted by Crippen LogP contribution is 2.25. The zero-order valence-corrected chi connectivity index (χ0v) is 9.74. The first-order chi connectivity index (χ1) is 7.35. The first-order valence-electron chi connectivity index (χ1n) is 5.50. The van der Waals surface area contributed by atoms with Crippen LogP contribution in [0.5, 0.6) is 0 Å². The third kappa shape index (κ3) is 2.23. The van der Waals surface area contributed by atoms with E-state index < -0.39 is 0 Å². The number of rotatable bonds is 3. The van der Waals surface area contributed by atoms with E-state index in [1.165, 1.54) is 19.3 Å². The third-order valence-corrected chi connectivity index (χ3v) is 3.26. The summed E-state index contributed by atoms with van der Waals surface area (Å²) >= 11 is 5.68. The average molecular weight is 226 g/mol. The zero-order valence-electron chi connectivity index (χ0n) is 8.99. The lowest BCUT2D eigenvalue weighted by atomic mass is 10.2. The lowest BCUT2D eigenvalue weighted by Gasteiger charge is -2.23. The van der Waals surface area contributed by atoms with Gasteiger partial charge < -0.3 is 4.90 Å². The van der Waals surface area contributed by atoms with E-state index in [0.29, 0.717) is 11.9 Å². The van der Waals surface area contributed by atoms with Gasteiger partial charge in [0.05, 0.1) is 11.6 Å². The van der Waals surface area contributed by atoms with Gasteiger partial charge in [0.15, 0.2) is 5.82 Å². The largest absolute Gasteiger partial charge is 0.352 e. The van der Waals surface area contributed by atoms with E-state index in [4.69, 9.17) is 11.6 Å². The average Bonchev–Trinajstić information content (AvgIpc) is 2.77. The molecule has 1 atom stereocenters. The van der Waals surface area contributed by atoms with Crippen molar-refractivity contribution in [3.05, 3.63) is 17.8 Å². The fourth-order valence-corrected chi connectivity index (χ4v) is 2.28. The molecule has 15 heavy (non-hydrogen) atoms. The minimum absolute atomic E-state index is 0.435. The van der Waals surface area contributed by atoms with E-state index in [1.54, 1.807) is 0 Å². The molecule has 0 saturated carbocycles. The van der Waals surface area contributed by atoms with Crippen LogP contribution in [0.2, 0.25) is 0 Å². The molecular weight excluding hydrogens is 210 g/mol. The van der Waals surface area contributed by atoms with Crippen molar-refractivity contribution < 1.29 is 0 Å². The number of hydrogen-bond acceptors (Lipinski definition) is 3. The molecule has 82 valence electrons. The molecule has 1 aromatic rings. The summed E-state index contributed by atoms with van der Waals surface area (Å²) in [5, 5.41) is 8.31. The van der Waals surface area contributed by atoms with Gasteiger partial charge in [-0.1, -0.05) is 6.92 Å². The lowest BCUT2D eigenvalue weighted by Crippen LogP contribution is -2.29. The van der Waals surface area contributed by atoms with Crippen LogP contribution in [-0.2, 0) is 5.88 Å². The van der Waals surface area contributed by atoms with Crippen LogP contribution in [-0.4, -0.2) is 22.8 Å². The number of aromatic nitrogens is 2. The number of hydrogen-bond donors (Lipinski definition) is 0. The second-order valence-electron chi connectivity index (χ2n) is 3.91. The van der Waals surface area contributed by atoms with Gasteiger partial charge >= 0.3 is 0 Å². The topological polar surface area (TPSA) is 29.0 Å². The van der Waals surface area contributed by atoms with E-state index in [2.05, 4.69) is 22.0 Å². The highest BCUT2D eigenvalue weighted by atomic mass is 35.5. The zero-order chi connectivity index (χ0) is 10.7. The van der Waals surface area contributed by atoms with Crippen molar-refractivity contribution >= 4 is 17.4 Å². The predicted octanol–water partition coefficient (Wildman–Crippen LogP) is 2.59. The maximum Gasteiger partial charge on any atom is 0.151 e. The standard InChI is InChI=1S/C11H16ClN3/c1-2-10-4-3-7-15(10)11-6-5-9(8-12)13-14-11/h5-6,10H,2-4,7-8H2,1H3. The molecule has 1 aliphatic rings. The number of nitrogens with zero attached hydrogens (tertiary/aromatic N) is 3. The van der Waals surface area contributed by atoms with Gasteiger partial charge in [-0.15, -0.1) is 16.7 Å². The van der Waals surface area contributed by atoms with E-state index in [-0.39, 0.29) is 0 Å². The molecule has 0 radical (unpaired) electrons. The van der Waals surface area contributed by atoms with Crippen LogP contribution in [0.15, 0.2) is 12.1 Å². The van der Waals surface area contributed by atoms with E-state index in [0.717, 1.165) is 18.1 Å². The van der Waals surface area contributed by atoms with E-state index in [1.807, 2.05) is 12.1 Å². The monoisotopic (exact) mass is 225 g/mol. The molecule has 0 aromatic carbocycles. The highest BCUT2D eigenvalue weighted by molar-refractivity contribution is 6.16. The summed E-state index contributed by atoms with van der Waals surface area (Å²) in [7, 11) is 0. The fourth-order valence-electron chi connectivity index (χ4n) is 2.14. The van der Waals surface area contributed by atoms with Crippen molar-refractivity contribution in [1.82, 2.24) is 10.2 Å². The predicted molar refractivity (Wildman–Crippen MR) is 62.2 cm³/mol. The molecule has 1 aliphatic heterocycles. The van der Waals surface area contributed by atoms with Gasteiger partial charge in [-0.2, -0.15) is 5.10 Å². The van der Waals surface area contributed by atoms with Gasteiger partial charge in [-0.25, -0.2) is 0 Å². The van der Waals surface area contributed by atoms with Gasteiger partial charge in [0.25, 0.3) is 0 Å². The Kier molecular flexibility index (Phi) is 3.41. The van der Waals surface area contributed by atoms with Crippen LogP contribution < -0.4 is 4.90 Å². The van der Waals surface area contributed by atoms with E-state index in [9.17, 15) is 0 Å². The Morgan fingerprint density at radius 3 is 2.93 bits per heavy atom. The molecule has 0 bridgehead atoms. The molecule has 1 fully saturated rings. The van der Waals surface area contributed by atoms with Crippen LogP contribution in [0.1, 0.15) is 31.9 Å². The van der Waals surface area contributed by atoms with Gasteiger partial charge in [0, 0.05) is 12.6 Å². The molecule has 0 aliphatic carbocycles. The maximum absolute atomic E-state index is 5.68. The molecule has 2 rings (SSSR count). The number of alkyl halides is 1. The van der Waals surface area contributed by atoms with Crippen molar-refractivity contribution in [3.8, 4) is 0 Å². The molecule has 1 saturated heterocycles. The van der Waals surface area contributed by atoms with Gasteiger partial charge in [0.2, 0.25) is 0 Å². The summed E-state index contributed by atoms with van der Waals surface area (Å²) in [4.78, 5) is 2.35. The summed E-state index contributed by atoms with van der Waals surface area (Å²) in [5.41, 5.74) is 0.840. The van der Waals surface area contributed by atoms with Crippen molar-refractivity contribution in [2.75, 3.05) is 11.4 Å². The van der Waals surface area contributed by atoms with Gasteiger partial charge in [0.1, 0.15) is 0 Å². The maximum atomic E-state index is 5.68. The minimum atomic E-state index is 0.435. The van der Waals surface area contributed by atoms with Gasteiger partial charge in [-0.3, -0.25) is 0 Å². The molecule has 4 heteroatoms. The normalized spacial score (nSPS) is 20.9. The molecule has 3 nitrogen and oxygen atoms in total. The SMILES string of the molecule is CCC1CCCN1c1ccc(CCl)nn1. The molecule has 2 heterocycles. The number of halogens is 1. The Balaban J connectivity index is 2.14. The Morgan fingerprint density at radius 1 is 1.47 bits per heavy atom. The molecule has 0 spiro atoms. The van der Waals surface area contributed by atoms with Crippen molar-refractivity contribution in [2.24, 2.45) is 0 Å². The molecule has 0 amide bonds. The minimum Gasteiger partial charge on any atom is -0.352 e. The van der Waals surface area contributed by atoms with Crippen LogP contribution in [0, 0.1) is 0 Å². The Labute approximate surface area is 95.5 Å². The van der Waals surface area contributed by atoms with E-state index >= 15 is 0 Å². The summed E-state index contributed by atoms with van der Waals surface area (Å²) in [6, 6.07) is 4.63. The molecule has 1 aromatic heterocycles. The summed E-state index contributed by atoms with van der Waals surface area (Å²) in [5.74, 6) is 1.43. The molecular formula is C11H16ClN3. The molecule has 1 unspecified atom stereocenters. The third-order valence-electron chi connectivity index (χ3n) is 2.99. The second-order valence-corrected chi connectivity index (χ2v) is 4.18. The summed E-state index contributed by atoms with van der Waals surface area (Å²) in [6.45, 7) is 3.33. The Morgan fingerprint density at radius 2 is 2.33 bits per heavy atom. The Hall–Kier alpha value is -0.830. The van der Waals surface area contributed by atoms with Crippen LogP contribution in [0.3, 0.4) is 0 Å². The lowest BCUT2D eigenvalue weighted by molar-refractivity contribution is 0.637. The first kappa shape index (κ1) is 10.7. The quantitative estimate of drug-likeness (QED) is 0.741. The van der Waals surface area contributed by atoms with Crippen LogP contribution in [0.4, 0.5) is 5.82 Å². The van der Waals surface area contributed by atoms with Gasteiger partial charge in [-0.05, 0) is 31.4 Å². The number of anilines is 1. The second kappa shape index (κ2) is 4.79. The van der Waals surface area contributed by atoms with Crippen LogP contribution in [0.25, 0.3) is 0 Å². The highest BCUT2D eigenvalue weighted by Gasteiger charge is 2.23. The first-order valence-corrected chi connectivity index (χ1v) is 6.03. The van der Waals surface area contributed by atoms with Crippen molar-refractivity contribution in [2.45, 2.75) is 38.1 Å². The smallest absolute Gasteiger partial charge is 0.151 e. The van der Waals surface area contributed by atoms with Crippen molar-refractivity contribution in [3.63, 3.8) is 0 Å². The summed E-state index contributed by atoms with van der Waals surface area (Å²) < 4.78 is 0. The Bertz CT molecular complexity index is 312. The summed E-state index contributed by atoms with van der Waals surface area (Å²) in [6.07, 6.45) is 3.71. The van der Waals surface area contributed by atoms with Crippen LogP contribution >= 0.6 is 11.6 Å². The fraction of sp³-hybridized carbons (Fsp3) is 0.636. The van der Waals surface area contributed by atoms with Crippen molar-refractivity contribution in [1.29, 1.82) is 0 Å². The molecule has 0 N–H and O–H groups in total.